The number of aromatic nitrogens is 4. The number of ether oxygens (including phenoxy) is 1. The van der Waals surface area contributed by atoms with Crippen LogP contribution in [0.2, 0.25) is 10.0 Å². The predicted octanol–water partition coefficient (Wildman–Crippen LogP) is 5.13. The average Bonchev–Trinajstić information content (AvgIpc) is 3.57. The first-order chi connectivity index (χ1) is 23.7. The molecule has 5 heterocycles. The second-order valence-corrected chi connectivity index (χ2v) is 13.3. The van der Waals surface area contributed by atoms with Gasteiger partial charge in [0.1, 0.15) is 11.3 Å². The van der Waals surface area contributed by atoms with Gasteiger partial charge in [-0.25, -0.2) is 9.97 Å². The summed E-state index contributed by atoms with van der Waals surface area (Å²) in [5.74, 6) is -0.505. The Morgan fingerprint density at radius 3 is 2.35 bits per heavy atom. The van der Waals surface area contributed by atoms with Crippen molar-refractivity contribution in [3.63, 3.8) is 0 Å². The first kappa shape index (κ1) is 33.1. The Morgan fingerprint density at radius 1 is 0.939 bits per heavy atom. The Hall–Kier alpha value is -4.39. The third-order valence-corrected chi connectivity index (χ3v) is 10.2. The molecule has 5 aromatic rings. The zero-order valence-electron chi connectivity index (χ0n) is 26.7. The van der Waals surface area contributed by atoms with Crippen molar-refractivity contribution >= 4 is 34.8 Å². The van der Waals surface area contributed by atoms with Crippen molar-refractivity contribution in [1.29, 1.82) is 0 Å². The third-order valence-electron chi connectivity index (χ3n) is 9.34. The zero-order chi connectivity index (χ0) is 34.2. The van der Waals surface area contributed by atoms with Crippen LogP contribution in [-0.2, 0) is 17.9 Å². The second kappa shape index (κ2) is 13.9. The number of likely N-dealkylation sites (tertiary alicyclic amines) is 2. The monoisotopic (exact) mass is 700 g/mol. The maximum absolute atomic E-state index is 13.3. The fraction of sp³-hybridized carbons (Fsp3) is 0.306. The Kier molecular flexibility index (Phi) is 9.36. The van der Waals surface area contributed by atoms with Crippen LogP contribution in [0.15, 0.2) is 71.9 Å². The summed E-state index contributed by atoms with van der Waals surface area (Å²) in [6, 6.07) is 15.0. The highest BCUT2D eigenvalue weighted by Gasteiger charge is 2.29. The number of halogens is 2. The molecule has 0 amide bonds. The smallest absolute Gasteiger partial charge is 0.307 e. The van der Waals surface area contributed by atoms with Gasteiger partial charge in [0, 0.05) is 79.9 Å². The van der Waals surface area contributed by atoms with Crippen molar-refractivity contribution in [2.45, 2.75) is 19.5 Å². The molecule has 252 valence electrons. The van der Waals surface area contributed by atoms with Crippen LogP contribution in [0.4, 0.5) is 0 Å². The molecular weight excluding hydrogens is 667 g/mol. The topological polar surface area (TPSA) is 133 Å². The maximum atomic E-state index is 13.3. The van der Waals surface area contributed by atoms with E-state index in [1.807, 2.05) is 53.4 Å². The highest BCUT2D eigenvalue weighted by atomic mass is 35.5. The molecule has 2 aliphatic rings. The summed E-state index contributed by atoms with van der Waals surface area (Å²) in [5, 5.41) is 19.6. The van der Waals surface area contributed by atoms with Crippen LogP contribution in [0.5, 0.6) is 5.88 Å². The first-order valence-electron chi connectivity index (χ1n) is 16.0. The van der Waals surface area contributed by atoms with E-state index in [0.717, 1.165) is 41.0 Å². The SMILES string of the molecule is COc1nc(-c2cccc(-c3cccc(-c4ccn5c(=O)c(CN6CCC(C(=O)O)C6)cnc5c4)c3Cl)c2Cl)cnc1CN1CC(CO)C1. The van der Waals surface area contributed by atoms with E-state index in [9.17, 15) is 19.8 Å². The molecule has 0 bridgehead atoms. The van der Waals surface area contributed by atoms with Crippen LogP contribution in [0.1, 0.15) is 17.7 Å². The molecule has 0 saturated carbocycles. The summed E-state index contributed by atoms with van der Waals surface area (Å²) in [6.45, 7) is 3.77. The lowest BCUT2D eigenvalue weighted by atomic mass is 9.97. The van der Waals surface area contributed by atoms with Gasteiger partial charge in [-0.05, 0) is 30.7 Å². The van der Waals surface area contributed by atoms with Crippen molar-refractivity contribution in [2.24, 2.45) is 11.8 Å². The van der Waals surface area contributed by atoms with Gasteiger partial charge in [-0.2, -0.15) is 0 Å². The van der Waals surface area contributed by atoms with Gasteiger partial charge < -0.3 is 14.9 Å². The van der Waals surface area contributed by atoms with E-state index in [0.29, 0.717) is 76.9 Å². The van der Waals surface area contributed by atoms with Gasteiger partial charge in [0.05, 0.1) is 40.5 Å². The van der Waals surface area contributed by atoms with Gasteiger partial charge >= 0.3 is 5.97 Å². The Morgan fingerprint density at radius 2 is 1.65 bits per heavy atom. The van der Waals surface area contributed by atoms with Crippen molar-refractivity contribution < 1.29 is 19.7 Å². The molecule has 13 heteroatoms. The number of fused-ring (bicyclic) bond motifs is 1. The van der Waals surface area contributed by atoms with Crippen molar-refractivity contribution in [3.8, 4) is 39.4 Å². The molecule has 0 spiro atoms. The summed E-state index contributed by atoms with van der Waals surface area (Å²) in [4.78, 5) is 42.8. The van der Waals surface area contributed by atoms with Crippen LogP contribution in [0.3, 0.4) is 0 Å². The molecule has 0 aliphatic carbocycles. The second-order valence-electron chi connectivity index (χ2n) is 12.6. The summed E-state index contributed by atoms with van der Waals surface area (Å²) >= 11 is 14.1. The first-order valence-corrected chi connectivity index (χ1v) is 16.8. The summed E-state index contributed by atoms with van der Waals surface area (Å²) < 4.78 is 7.09. The number of carboxylic acids is 1. The highest BCUT2D eigenvalue weighted by molar-refractivity contribution is 6.39. The summed E-state index contributed by atoms with van der Waals surface area (Å²) in [6.07, 6.45) is 5.52. The number of rotatable bonds is 10. The minimum atomic E-state index is -0.808. The van der Waals surface area contributed by atoms with Crippen molar-refractivity contribution in [1.82, 2.24) is 29.2 Å². The van der Waals surface area contributed by atoms with Crippen LogP contribution >= 0.6 is 23.2 Å². The van der Waals surface area contributed by atoms with Gasteiger partial charge in [0.2, 0.25) is 5.88 Å². The van der Waals surface area contributed by atoms with Crippen LogP contribution < -0.4 is 10.3 Å². The number of aliphatic hydroxyl groups is 1. The molecule has 2 fully saturated rings. The standard InChI is InChI=1S/C36H34Cl2N6O5/c1-49-34-30(19-43-15-21(16-43)20-45)39-14-29(41-34)28-7-3-6-27(33(28)38)26-5-2-4-25(32(26)37)22-9-11-44-31(12-22)40-13-24(35(44)46)18-42-10-8-23(17-42)36(47)48/h2-7,9,11-14,21,23,45H,8,10,15-20H2,1H3,(H,47,48). The largest absolute Gasteiger partial charge is 0.481 e. The van der Waals surface area contributed by atoms with E-state index in [1.165, 1.54) is 4.40 Å². The number of carbonyl (C=O) groups is 1. The number of aliphatic hydroxyl groups excluding tert-OH is 1. The number of aliphatic carboxylic acids is 1. The normalized spacial score (nSPS) is 17.0. The average molecular weight is 702 g/mol. The molecular formula is C36H34Cl2N6O5. The molecule has 49 heavy (non-hydrogen) atoms. The van der Waals surface area contributed by atoms with Crippen LogP contribution in [0, 0.1) is 11.8 Å². The molecule has 1 atom stereocenters. The van der Waals surface area contributed by atoms with E-state index < -0.39 is 11.9 Å². The molecule has 1 unspecified atom stereocenters. The molecule has 2 aromatic carbocycles. The Bertz CT molecular complexity index is 2120. The number of hydrogen-bond donors (Lipinski definition) is 2. The molecule has 7 rings (SSSR count). The molecule has 3 aromatic heterocycles. The van der Waals surface area contributed by atoms with Gasteiger partial charge in [0.25, 0.3) is 5.56 Å². The fourth-order valence-corrected chi connectivity index (χ4v) is 7.30. The van der Waals surface area contributed by atoms with Gasteiger partial charge in [0.15, 0.2) is 0 Å². The number of hydrogen-bond acceptors (Lipinski definition) is 9. The summed E-state index contributed by atoms with van der Waals surface area (Å²) in [5.41, 5.74) is 5.72. The molecule has 2 saturated heterocycles. The van der Waals surface area contributed by atoms with Crippen molar-refractivity contribution in [2.75, 3.05) is 39.9 Å². The lowest BCUT2D eigenvalue weighted by molar-refractivity contribution is -0.141. The minimum Gasteiger partial charge on any atom is -0.481 e. The number of nitrogens with zero attached hydrogens (tertiary/aromatic N) is 6. The Labute approximate surface area is 292 Å². The molecule has 11 nitrogen and oxygen atoms in total. The van der Waals surface area contributed by atoms with Gasteiger partial charge in [-0.3, -0.25) is 28.8 Å². The number of methoxy groups -OCH3 is 1. The van der Waals surface area contributed by atoms with E-state index in [-0.39, 0.29) is 12.2 Å². The highest BCUT2D eigenvalue weighted by Crippen LogP contribution is 2.42. The molecule has 0 radical (unpaired) electrons. The minimum absolute atomic E-state index is 0.181. The molecule has 2 N–H and O–H groups in total. The van der Waals surface area contributed by atoms with Gasteiger partial charge in [-0.1, -0.05) is 59.6 Å². The van der Waals surface area contributed by atoms with Crippen LogP contribution in [0.25, 0.3) is 39.2 Å². The predicted molar refractivity (Wildman–Crippen MR) is 187 cm³/mol. The van der Waals surface area contributed by atoms with Crippen molar-refractivity contribution in [3.05, 3.63) is 98.8 Å². The van der Waals surface area contributed by atoms with E-state index in [2.05, 4.69) is 14.9 Å². The fourth-order valence-electron chi connectivity index (χ4n) is 6.64. The number of carboxylic acid groups (broad SMARTS) is 1. The van der Waals surface area contributed by atoms with E-state index in [4.69, 9.17) is 32.9 Å². The van der Waals surface area contributed by atoms with Gasteiger partial charge in [-0.15, -0.1) is 0 Å². The lowest BCUT2D eigenvalue weighted by Crippen LogP contribution is -2.47. The van der Waals surface area contributed by atoms with E-state index in [1.54, 1.807) is 25.7 Å². The van der Waals surface area contributed by atoms with E-state index >= 15 is 0 Å². The van der Waals surface area contributed by atoms with Crippen LogP contribution in [-0.4, -0.2) is 85.2 Å². The quantitative estimate of drug-likeness (QED) is 0.202. The maximum Gasteiger partial charge on any atom is 0.307 e. The number of benzene rings is 2. The number of pyridine rings is 1. The lowest BCUT2D eigenvalue weighted by Gasteiger charge is -2.37. The zero-order valence-corrected chi connectivity index (χ0v) is 28.2. The third kappa shape index (κ3) is 6.52. The molecule has 2 aliphatic heterocycles. The summed E-state index contributed by atoms with van der Waals surface area (Å²) in [7, 11) is 1.57. The Balaban J connectivity index is 1.16.